The Morgan fingerprint density at radius 3 is 2.66 bits per heavy atom. The topological polar surface area (TPSA) is 61.6 Å². The fourth-order valence-corrected chi connectivity index (χ4v) is 5.32. The van der Waals surface area contributed by atoms with Gasteiger partial charge in [-0.05, 0) is 37.8 Å². The van der Waals surface area contributed by atoms with Crippen molar-refractivity contribution in [3.05, 3.63) is 23.5 Å². The van der Waals surface area contributed by atoms with Gasteiger partial charge in [0.05, 0.1) is 11.9 Å². The molecule has 7 nitrogen and oxygen atoms in total. The van der Waals surface area contributed by atoms with Gasteiger partial charge < -0.3 is 4.90 Å². The highest BCUT2D eigenvalue weighted by molar-refractivity contribution is 7.97. The van der Waals surface area contributed by atoms with Crippen molar-refractivity contribution in [1.82, 2.24) is 29.2 Å². The molecule has 0 unspecified atom stereocenters. The lowest BCUT2D eigenvalue weighted by Crippen LogP contribution is -2.47. The van der Waals surface area contributed by atoms with Crippen LogP contribution in [0.3, 0.4) is 0 Å². The molecule has 1 saturated carbocycles. The Kier molecular flexibility index (Phi) is 6.03. The van der Waals surface area contributed by atoms with Crippen LogP contribution in [0.5, 0.6) is 0 Å². The largest absolute Gasteiger partial charge is 0.366 e. The highest BCUT2D eigenvalue weighted by Crippen LogP contribution is 2.39. The average Bonchev–Trinajstić information content (AvgIpc) is 3.17. The third kappa shape index (κ3) is 4.45. The Bertz CT molecular complexity index is 1090. The van der Waals surface area contributed by atoms with Gasteiger partial charge in [-0.1, -0.05) is 11.3 Å². The van der Waals surface area contributed by atoms with E-state index >= 15 is 0 Å². The van der Waals surface area contributed by atoms with Crippen molar-refractivity contribution in [2.45, 2.75) is 36.6 Å². The number of pyridine rings is 1. The minimum absolute atomic E-state index is 0.154. The highest BCUT2D eigenvalue weighted by atomic mass is 32.2. The van der Waals surface area contributed by atoms with E-state index in [9.17, 15) is 13.2 Å². The van der Waals surface area contributed by atoms with E-state index in [2.05, 4.69) is 42.7 Å². The van der Waals surface area contributed by atoms with Gasteiger partial charge in [0.25, 0.3) is 6.43 Å². The molecule has 2 fully saturated rings. The predicted molar refractivity (Wildman–Crippen MR) is 120 cm³/mol. The third-order valence-corrected chi connectivity index (χ3v) is 7.94. The number of nitrogens with zero attached hydrogens (tertiary/aromatic N) is 6. The fourth-order valence-electron chi connectivity index (χ4n) is 3.72. The first-order valence-electron chi connectivity index (χ1n) is 10.6. The third-order valence-electron chi connectivity index (χ3n) is 5.94. The molecular weight excluding hydrogens is 459 g/mol. The Labute approximate surface area is 192 Å². The molecule has 32 heavy (non-hydrogen) atoms. The summed E-state index contributed by atoms with van der Waals surface area (Å²) >= 11 is 2.45. The summed E-state index contributed by atoms with van der Waals surface area (Å²) in [6.07, 6.45) is 3.27. The van der Waals surface area contributed by atoms with Crippen LogP contribution in [-0.2, 0) is 0 Å². The first-order valence-corrected chi connectivity index (χ1v) is 12.2. The Balaban J connectivity index is 1.50. The summed E-state index contributed by atoms with van der Waals surface area (Å²) in [5.41, 5.74) is 2.51. The Morgan fingerprint density at radius 2 is 2.00 bits per heavy atom. The number of imidazole rings is 1. The van der Waals surface area contributed by atoms with E-state index in [1.54, 1.807) is 18.1 Å². The summed E-state index contributed by atoms with van der Waals surface area (Å²) in [5, 5.41) is 7.72. The van der Waals surface area contributed by atoms with Crippen LogP contribution in [0.4, 0.5) is 18.9 Å². The normalized spacial score (nSPS) is 18.7. The van der Waals surface area contributed by atoms with Crippen LogP contribution in [0.15, 0.2) is 23.4 Å². The summed E-state index contributed by atoms with van der Waals surface area (Å²) in [7, 11) is 0. The molecule has 5 rings (SSSR count). The van der Waals surface area contributed by atoms with E-state index in [4.69, 9.17) is 0 Å². The molecule has 3 aromatic heterocycles. The highest BCUT2D eigenvalue weighted by Gasteiger charge is 2.37. The van der Waals surface area contributed by atoms with Crippen molar-refractivity contribution in [3.8, 4) is 10.7 Å². The molecule has 0 radical (unpaired) electrons. The van der Waals surface area contributed by atoms with E-state index in [-0.39, 0.29) is 17.2 Å². The lowest BCUT2D eigenvalue weighted by atomic mass is 10.2. The summed E-state index contributed by atoms with van der Waals surface area (Å²) in [6.45, 7) is 5.42. The minimum atomic E-state index is -2.65. The zero-order chi connectivity index (χ0) is 22.3. The van der Waals surface area contributed by atoms with Crippen molar-refractivity contribution in [2.24, 2.45) is 0 Å². The Morgan fingerprint density at radius 1 is 1.22 bits per heavy atom. The quantitative estimate of drug-likeness (QED) is 0.486. The van der Waals surface area contributed by atoms with Crippen LogP contribution in [0, 0.1) is 0 Å². The van der Waals surface area contributed by atoms with Gasteiger partial charge in [-0.2, -0.15) is 0 Å². The predicted octanol–water partition coefficient (Wildman–Crippen LogP) is 4.03. The lowest BCUT2D eigenvalue weighted by Gasteiger charge is -2.35. The summed E-state index contributed by atoms with van der Waals surface area (Å²) in [6, 6.07) is 2.12. The van der Waals surface area contributed by atoms with Gasteiger partial charge in [-0.25, -0.2) is 18.2 Å². The molecule has 3 aromatic rings. The molecule has 0 amide bonds. The van der Waals surface area contributed by atoms with Crippen molar-refractivity contribution >= 4 is 34.6 Å². The van der Waals surface area contributed by atoms with Gasteiger partial charge >= 0.3 is 0 Å². The molecule has 0 aromatic carbocycles. The van der Waals surface area contributed by atoms with Crippen molar-refractivity contribution in [3.63, 3.8) is 0 Å². The van der Waals surface area contributed by atoms with Crippen LogP contribution in [0.2, 0.25) is 0 Å². The maximum absolute atomic E-state index is 13.1. The first-order chi connectivity index (χ1) is 15.5. The molecule has 1 aliphatic heterocycles. The minimum Gasteiger partial charge on any atom is -0.366 e. The standard InChI is InChI=1S/C20H24F3N7S2/c1-20(2-3-20)27-32-13-10-14(29-8-6-28(5-4-21)7-9-29)17-24-11-15(30(17)12-13)18-25-26-19(31-18)16(22)23/h10-12,16,27H,2-9H2,1H3. The van der Waals surface area contributed by atoms with Gasteiger partial charge in [0.1, 0.15) is 12.4 Å². The fraction of sp³-hybridized carbons (Fsp3) is 0.550. The molecule has 1 saturated heterocycles. The molecule has 0 bridgehead atoms. The molecule has 12 heteroatoms. The molecule has 2 aliphatic rings. The van der Waals surface area contributed by atoms with Gasteiger partial charge in [-0.15, -0.1) is 10.2 Å². The second kappa shape index (κ2) is 8.81. The number of alkyl halides is 3. The zero-order valence-corrected chi connectivity index (χ0v) is 19.2. The Hall–Kier alpha value is -1.89. The van der Waals surface area contributed by atoms with Crippen LogP contribution in [-0.4, -0.2) is 69.4 Å². The maximum atomic E-state index is 13.1. The number of hydrogen-bond donors (Lipinski definition) is 1. The summed E-state index contributed by atoms with van der Waals surface area (Å²) in [4.78, 5) is 9.99. The molecular formula is C20H24F3N7S2. The molecule has 0 atom stereocenters. The van der Waals surface area contributed by atoms with Crippen molar-refractivity contribution in [2.75, 3.05) is 44.3 Å². The van der Waals surface area contributed by atoms with E-state index in [1.807, 2.05) is 10.6 Å². The summed E-state index contributed by atoms with van der Waals surface area (Å²) in [5.74, 6) is 0. The van der Waals surface area contributed by atoms with Gasteiger partial charge in [0.2, 0.25) is 0 Å². The smallest absolute Gasteiger partial charge is 0.291 e. The van der Waals surface area contributed by atoms with E-state index in [0.717, 1.165) is 66.6 Å². The van der Waals surface area contributed by atoms with Crippen LogP contribution in [0.25, 0.3) is 16.3 Å². The lowest BCUT2D eigenvalue weighted by molar-refractivity contribution is 0.150. The van der Waals surface area contributed by atoms with E-state index < -0.39 is 6.43 Å². The number of piperazine rings is 1. The number of nitrogens with one attached hydrogen (secondary N) is 1. The van der Waals surface area contributed by atoms with Crippen molar-refractivity contribution < 1.29 is 13.2 Å². The number of anilines is 1. The second-order valence-corrected chi connectivity index (χ2v) is 10.3. The number of rotatable bonds is 8. The summed E-state index contributed by atoms with van der Waals surface area (Å²) < 4.78 is 44.3. The number of hydrogen-bond acceptors (Lipinski definition) is 8. The molecule has 172 valence electrons. The van der Waals surface area contributed by atoms with Gasteiger partial charge in [0, 0.05) is 49.4 Å². The van der Waals surface area contributed by atoms with E-state index in [1.165, 1.54) is 0 Å². The van der Waals surface area contributed by atoms with Crippen LogP contribution in [0.1, 0.15) is 31.2 Å². The second-order valence-electron chi connectivity index (χ2n) is 8.43. The monoisotopic (exact) mass is 483 g/mol. The first kappa shape index (κ1) is 21.9. The van der Waals surface area contributed by atoms with Crippen LogP contribution < -0.4 is 9.62 Å². The van der Waals surface area contributed by atoms with Crippen LogP contribution >= 0.6 is 23.3 Å². The maximum Gasteiger partial charge on any atom is 0.291 e. The van der Waals surface area contributed by atoms with E-state index in [0.29, 0.717) is 17.2 Å². The van der Waals surface area contributed by atoms with Gasteiger partial charge in [0.15, 0.2) is 15.7 Å². The molecule has 1 N–H and O–H groups in total. The number of aromatic nitrogens is 4. The van der Waals surface area contributed by atoms with Crippen molar-refractivity contribution in [1.29, 1.82) is 0 Å². The molecule has 0 spiro atoms. The molecule has 4 heterocycles. The zero-order valence-electron chi connectivity index (χ0n) is 17.6. The van der Waals surface area contributed by atoms with Gasteiger partial charge in [-0.3, -0.25) is 14.0 Å². The number of halogens is 3. The number of fused-ring (bicyclic) bond motifs is 1. The average molecular weight is 484 g/mol. The molecule has 1 aliphatic carbocycles. The SMILES string of the molecule is CC1(NSc2cc(N3CCN(CCF)CC3)c3ncc(-c4nnc(C(F)F)s4)n3c2)CC1.